The van der Waals surface area contributed by atoms with Crippen LogP contribution in [0.15, 0.2) is 28.7 Å². The molecule has 0 radical (unpaired) electrons. The Balaban J connectivity index is 0.00000220. The number of hydrogen-bond acceptors (Lipinski definition) is 3. The first-order valence-electron chi connectivity index (χ1n) is 6.53. The summed E-state index contributed by atoms with van der Waals surface area (Å²) >= 11 is 1.68. The van der Waals surface area contributed by atoms with Crippen molar-refractivity contribution in [2.24, 2.45) is 12.0 Å². The normalized spacial score (nSPS) is 11.1. The summed E-state index contributed by atoms with van der Waals surface area (Å²) in [5, 5.41) is 6.56. The van der Waals surface area contributed by atoms with Gasteiger partial charge in [-0.1, -0.05) is 0 Å². The number of nitrogens with zero attached hydrogens (tertiary/aromatic N) is 4. The minimum atomic E-state index is 0. The van der Waals surface area contributed by atoms with Crippen LogP contribution >= 0.6 is 35.3 Å². The molecule has 0 amide bonds. The van der Waals surface area contributed by atoms with E-state index in [9.17, 15) is 0 Å². The molecule has 21 heavy (non-hydrogen) atoms. The topological polar surface area (TPSA) is 45.5 Å². The van der Waals surface area contributed by atoms with Crippen molar-refractivity contribution in [3.05, 3.63) is 40.1 Å². The minimum Gasteiger partial charge on any atom is -0.353 e. The van der Waals surface area contributed by atoms with Gasteiger partial charge in [-0.3, -0.25) is 4.99 Å². The first kappa shape index (κ1) is 18.0. The van der Waals surface area contributed by atoms with Gasteiger partial charge >= 0.3 is 0 Å². The maximum absolute atomic E-state index is 4.48. The van der Waals surface area contributed by atoms with Gasteiger partial charge in [0.2, 0.25) is 0 Å². The van der Waals surface area contributed by atoms with E-state index in [1.807, 2.05) is 33.3 Å². The molecule has 2 heterocycles. The van der Waals surface area contributed by atoms with Crippen LogP contribution in [0, 0.1) is 6.92 Å². The van der Waals surface area contributed by atoms with E-state index in [0.29, 0.717) is 0 Å². The first-order chi connectivity index (χ1) is 9.60. The van der Waals surface area contributed by atoms with E-state index >= 15 is 0 Å². The van der Waals surface area contributed by atoms with Crippen molar-refractivity contribution in [3.63, 3.8) is 0 Å². The van der Waals surface area contributed by atoms with Crippen molar-refractivity contribution < 1.29 is 0 Å². The second kappa shape index (κ2) is 8.38. The average Bonchev–Trinajstić information content (AvgIpc) is 3.00. The van der Waals surface area contributed by atoms with E-state index in [0.717, 1.165) is 29.8 Å². The minimum absolute atomic E-state index is 0. The number of halogens is 1. The zero-order chi connectivity index (χ0) is 14.5. The molecule has 116 valence electrons. The van der Waals surface area contributed by atoms with Crippen LogP contribution in [0.2, 0.25) is 0 Å². The average molecular weight is 419 g/mol. The molecule has 0 atom stereocenters. The standard InChI is InChI=1S/C14H21N5S.HI/c1-11-17-12(10-20-11)9-19(4)14(15-2)16-8-13-6-5-7-18(13)3;/h5-7,10H,8-9H2,1-4H3,(H,15,16);1H. The molecule has 0 aliphatic heterocycles. The van der Waals surface area contributed by atoms with E-state index in [2.05, 4.69) is 36.2 Å². The summed E-state index contributed by atoms with van der Waals surface area (Å²) in [5.41, 5.74) is 2.31. The first-order valence-corrected chi connectivity index (χ1v) is 7.41. The zero-order valence-corrected chi connectivity index (χ0v) is 16.0. The Morgan fingerprint density at radius 1 is 1.52 bits per heavy atom. The number of nitrogens with one attached hydrogen (secondary N) is 1. The Labute approximate surface area is 147 Å². The van der Waals surface area contributed by atoms with Crippen molar-refractivity contribution in [1.82, 2.24) is 19.8 Å². The molecule has 2 rings (SSSR count). The molecule has 0 unspecified atom stereocenters. The van der Waals surface area contributed by atoms with Crippen LogP contribution < -0.4 is 5.32 Å². The van der Waals surface area contributed by atoms with Crippen molar-refractivity contribution in [3.8, 4) is 0 Å². The van der Waals surface area contributed by atoms with Crippen LogP contribution in [0.3, 0.4) is 0 Å². The maximum Gasteiger partial charge on any atom is 0.194 e. The van der Waals surface area contributed by atoms with Gasteiger partial charge in [0, 0.05) is 38.4 Å². The van der Waals surface area contributed by atoms with Gasteiger partial charge in [-0.2, -0.15) is 0 Å². The highest BCUT2D eigenvalue weighted by Gasteiger charge is 2.09. The highest BCUT2D eigenvalue weighted by Crippen LogP contribution is 2.09. The molecule has 2 aromatic rings. The van der Waals surface area contributed by atoms with Crippen molar-refractivity contribution >= 4 is 41.3 Å². The predicted octanol–water partition coefficient (Wildman–Crippen LogP) is 2.62. The Morgan fingerprint density at radius 2 is 2.29 bits per heavy atom. The summed E-state index contributed by atoms with van der Waals surface area (Å²) < 4.78 is 2.10. The third kappa shape index (κ3) is 4.99. The van der Waals surface area contributed by atoms with Crippen LogP contribution in [-0.2, 0) is 20.1 Å². The van der Waals surface area contributed by atoms with Gasteiger partial charge in [0.05, 0.1) is 23.8 Å². The lowest BCUT2D eigenvalue weighted by Crippen LogP contribution is -2.38. The molecular formula is C14H22IN5S. The van der Waals surface area contributed by atoms with Crippen molar-refractivity contribution in [2.75, 3.05) is 14.1 Å². The van der Waals surface area contributed by atoms with Crippen molar-refractivity contribution in [2.45, 2.75) is 20.0 Å². The Morgan fingerprint density at radius 3 is 2.81 bits per heavy atom. The Bertz CT molecular complexity index is 590. The Hall–Kier alpha value is -1.09. The molecule has 0 aromatic carbocycles. The van der Waals surface area contributed by atoms with Crippen LogP contribution in [0.5, 0.6) is 0 Å². The van der Waals surface area contributed by atoms with Gasteiger partial charge < -0.3 is 14.8 Å². The third-order valence-electron chi connectivity index (χ3n) is 3.12. The van der Waals surface area contributed by atoms with E-state index < -0.39 is 0 Å². The van der Waals surface area contributed by atoms with Crippen LogP contribution in [0.1, 0.15) is 16.4 Å². The number of rotatable bonds is 4. The number of hydrogen-bond donors (Lipinski definition) is 1. The second-order valence-corrected chi connectivity index (χ2v) is 5.79. The Kier molecular flexibility index (Phi) is 7.16. The third-order valence-corrected chi connectivity index (χ3v) is 3.94. The number of aryl methyl sites for hydroxylation is 2. The molecular weight excluding hydrogens is 397 g/mol. The van der Waals surface area contributed by atoms with Crippen LogP contribution in [0.25, 0.3) is 0 Å². The monoisotopic (exact) mass is 419 g/mol. The molecule has 2 aromatic heterocycles. The summed E-state index contributed by atoms with van der Waals surface area (Å²) in [5.74, 6) is 0.872. The SMILES string of the molecule is CN=C(NCc1cccn1C)N(C)Cc1csc(C)n1.I. The number of guanidine groups is 1. The second-order valence-electron chi connectivity index (χ2n) is 4.73. The fourth-order valence-corrected chi connectivity index (χ4v) is 2.64. The predicted molar refractivity (Wildman–Crippen MR) is 99.3 cm³/mol. The molecule has 0 saturated heterocycles. The van der Waals surface area contributed by atoms with Crippen LogP contribution in [-0.4, -0.2) is 34.5 Å². The van der Waals surface area contributed by atoms with Gasteiger partial charge in [-0.05, 0) is 19.1 Å². The lowest BCUT2D eigenvalue weighted by molar-refractivity contribution is 0.469. The fourth-order valence-electron chi connectivity index (χ4n) is 2.03. The highest BCUT2D eigenvalue weighted by atomic mass is 127. The summed E-state index contributed by atoms with van der Waals surface area (Å²) in [6, 6.07) is 4.14. The molecule has 7 heteroatoms. The lowest BCUT2D eigenvalue weighted by Gasteiger charge is -2.21. The zero-order valence-electron chi connectivity index (χ0n) is 12.8. The van der Waals surface area contributed by atoms with Gasteiger partial charge in [-0.25, -0.2) is 4.98 Å². The molecule has 0 saturated carbocycles. The lowest BCUT2D eigenvalue weighted by atomic mass is 10.4. The molecule has 0 bridgehead atoms. The largest absolute Gasteiger partial charge is 0.353 e. The molecule has 5 nitrogen and oxygen atoms in total. The number of thiazole rings is 1. The number of aliphatic imine (C=N–C) groups is 1. The highest BCUT2D eigenvalue weighted by molar-refractivity contribution is 14.0. The molecule has 0 fully saturated rings. The van der Waals surface area contributed by atoms with E-state index in [4.69, 9.17) is 0 Å². The van der Waals surface area contributed by atoms with Gasteiger partial charge in [0.25, 0.3) is 0 Å². The molecule has 0 aliphatic rings. The number of aromatic nitrogens is 2. The van der Waals surface area contributed by atoms with Gasteiger partial charge in [0.15, 0.2) is 5.96 Å². The molecule has 0 aliphatic carbocycles. The summed E-state index contributed by atoms with van der Waals surface area (Å²) in [7, 11) is 5.87. The van der Waals surface area contributed by atoms with E-state index in [1.54, 1.807) is 18.4 Å². The fraction of sp³-hybridized carbons (Fsp3) is 0.429. The molecule has 0 spiro atoms. The summed E-state index contributed by atoms with van der Waals surface area (Å²) in [4.78, 5) is 10.9. The summed E-state index contributed by atoms with van der Waals surface area (Å²) in [6.45, 7) is 3.55. The summed E-state index contributed by atoms with van der Waals surface area (Å²) in [6.07, 6.45) is 2.04. The van der Waals surface area contributed by atoms with E-state index in [1.165, 1.54) is 5.69 Å². The smallest absolute Gasteiger partial charge is 0.194 e. The maximum atomic E-state index is 4.48. The molecule has 1 N–H and O–H groups in total. The van der Waals surface area contributed by atoms with Gasteiger partial charge in [0.1, 0.15) is 0 Å². The quantitative estimate of drug-likeness (QED) is 0.471. The van der Waals surface area contributed by atoms with Crippen LogP contribution in [0.4, 0.5) is 0 Å². The van der Waals surface area contributed by atoms with Crippen molar-refractivity contribution in [1.29, 1.82) is 0 Å². The van der Waals surface area contributed by atoms with Gasteiger partial charge in [-0.15, -0.1) is 35.3 Å². The van der Waals surface area contributed by atoms with E-state index in [-0.39, 0.29) is 24.0 Å².